The maximum atomic E-state index is 9.72. The second kappa shape index (κ2) is 5.23. The molecule has 2 atom stereocenters. The minimum absolute atomic E-state index is 0.412. The number of aliphatic hydroxyl groups is 1. The first-order chi connectivity index (χ1) is 7.36. The van der Waals surface area contributed by atoms with Gasteiger partial charge < -0.3 is 9.84 Å². The van der Waals surface area contributed by atoms with E-state index in [9.17, 15) is 5.11 Å². The Bertz CT molecular complexity index is 270. The lowest BCUT2D eigenvalue weighted by molar-refractivity contribution is 0.0939. The molecule has 0 amide bonds. The highest BCUT2D eigenvalue weighted by atomic mass is 16.5. The van der Waals surface area contributed by atoms with Gasteiger partial charge in [0.25, 0.3) is 0 Å². The van der Waals surface area contributed by atoms with Crippen molar-refractivity contribution in [3.63, 3.8) is 0 Å². The molecule has 1 saturated heterocycles. The molecule has 0 aromatic carbocycles. The summed E-state index contributed by atoms with van der Waals surface area (Å²) in [6.45, 7) is 0.899. The molecule has 0 spiro atoms. The smallest absolute Gasteiger partial charge is 0.111 e. The average molecular weight is 211 g/mol. The maximum Gasteiger partial charge on any atom is 0.111 e. The van der Waals surface area contributed by atoms with E-state index in [0.717, 1.165) is 25.9 Å². The van der Waals surface area contributed by atoms with E-state index in [1.54, 1.807) is 6.20 Å². The number of aromatic amines is 1. The van der Waals surface area contributed by atoms with Crippen LogP contribution in [0.25, 0.3) is 0 Å². The quantitative estimate of drug-likeness (QED) is 0.767. The van der Waals surface area contributed by atoms with Crippen molar-refractivity contribution in [1.82, 2.24) is 15.4 Å². The predicted molar refractivity (Wildman–Crippen MR) is 54.2 cm³/mol. The van der Waals surface area contributed by atoms with E-state index in [0.29, 0.717) is 11.8 Å². The zero-order valence-electron chi connectivity index (χ0n) is 8.72. The molecule has 0 radical (unpaired) electrons. The number of H-pyrrole nitrogens is 1. The van der Waals surface area contributed by atoms with Crippen LogP contribution in [0.2, 0.25) is 0 Å². The van der Waals surface area contributed by atoms with Gasteiger partial charge in [0, 0.05) is 6.61 Å². The SMILES string of the molecule is OC(CCCC1CCCO1)c1cn[nH]n1. The highest BCUT2D eigenvalue weighted by molar-refractivity contribution is 4.95. The number of aliphatic hydroxyl groups excluding tert-OH is 1. The van der Waals surface area contributed by atoms with Crippen LogP contribution in [0, 0.1) is 0 Å². The lowest BCUT2D eigenvalue weighted by Crippen LogP contribution is -2.06. The Morgan fingerprint density at radius 1 is 1.67 bits per heavy atom. The van der Waals surface area contributed by atoms with Crippen molar-refractivity contribution < 1.29 is 9.84 Å². The molecule has 1 aliphatic heterocycles. The lowest BCUT2D eigenvalue weighted by atomic mass is 10.1. The van der Waals surface area contributed by atoms with Crippen molar-refractivity contribution in [3.8, 4) is 0 Å². The number of hydrogen-bond acceptors (Lipinski definition) is 4. The van der Waals surface area contributed by atoms with Crippen molar-refractivity contribution in [1.29, 1.82) is 0 Å². The highest BCUT2D eigenvalue weighted by Gasteiger charge is 2.16. The van der Waals surface area contributed by atoms with Gasteiger partial charge in [0.2, 0.25) is 0 Å². The van der Waals surface area contributed by atoms with Crippen LogP contribution in [0.15, 0.2) is 6.20 Å². The van der Waals surface area contributed by atoms with Crippen LogP contribution in [0.3, 0.4) is 0 Å². The lowest BCUT2D eigenvalue weighted by Gasteiger charge is -2.10. The molecular weight excluding hydrogens is 194 g/mol. The topological polar surface area (TPSA) is 71.0 Å². The molecule has 0 saturated carbocycles. The molecule has 2 unspecified atom stereocenters. The summed E-state index contributed by atoms with van der Waals surface area (Å²) < 4.78 is 5.51. The molecule has 2 N–H and O–H groups in total. The summed E-state index contributed by atoms with van der Waals surface area (Å²) in [5.74, 6) is 0. The maximum absolute atomic E-state index is 9.72. The highest BCUT2D eigenvalue weighted by Crippen LogP contribution is 2.21. The van der Waals surface area contributed by atoms with Gasteiger partial charge in [-0.1, -0.05) is 0 Å². The molecule has 84 valence electrons. The van der Waals surface area contributed by atoms with Crippen LogP contribution in [0.1, 0.15) is 43.9 Å². The molecule has 15 heavy (non-hydrogen) atoms. The number of rotatable bonds is 5. The predicted octanol–water partition coefficient (Wildman–Crippen LogP) is 1.19. The summed E-state index contributed by atoms with van der Waals surface area (Å²) in [5.41, 5.74) is 0.627. The first kappa shape index (κ1) is 10.6. The fraction of sp³-hybridized carbons (Fsp3) is 0.800. The summed E-state index contributed by atoms with van der Waals surface area (Å²) in [5, 5.41) is 19.7. The van der Waals surface area contributed by atoms with Gasteiger partial charge in [-0.3, -0.25) is 0 Å². The average Bonchev–Trinajstić information content (AvgIpc) is 2.90. The Balaban J connectivity index is 1.65. The third-order valence-corrected chi connectivity index (χ3v) is 2.80. The Kier molecular flexibility index (Phi) is 3.69. The summed E-state index contributed by atoms with van der Waals surface area (Å²) in [7, 11) is 0. The molecule has 1 aromatic rings. The zero-order valence-corrected chi connectivity index (χ0v) is 8.72. The Labute approximate surface area is 88.8 Å². The van der Waals surface area contributed by atoms with Crippen molar-refractivity contribution in [2.75, 3.05) is 6.61 Å². The first-order valence-corrected chi connectivity index (χ1v) is 5.51. The monoisotopic (exact) mass is 211 g/mol. The van der Waals surface area contributed by atoms with Crippen LogP contribution in [0.4, 0.5) is 0 Å². The van der Waals surface area contributed by atoms with Crippen molar-refractivity contribution in [2.45, 2.75) is 44.3 Å². The number of nitrogens with zero attached hydrogens (tertiary/aromatic N) is 2. The second-order valence-corrected chi connectivity index (χ2v) is 3.98. The fourth-order valence-electron chi connectivity index (χ4n) is 1.93. The Morgan fingerprint density at radius 3 is 3.27 bits per heavy atom. The molecule has 0 bridgehead atoms. The van der Waals surface area contributed by atoms with Gasteiger partial charge in [0.15, 0.2) is 0 Å². The van der Waals surface area contributed by atoms with Crippen LogP contribution in [-0.2, 0) is 4.74 Å². The van der Waals surface area contributed by atoms with Crippen molar-refractivity contribution in [2.24, 2.45) is 0 Å². The van der Waals surface area contributed by atoms with Crippen molar-refractivity contribution >= 4 is 0 Å². The van der Waals surface area contributed by atoms with Gasteiger partial charge in [-0.25, -0.2) is 0 Å². The normalized spacial score (nSPS) is 23.1. The summed E-state index contributed by atoms with van der Waals surface area (Å²) >= 11 is 0. The summed E-state index contributed by atoms with van der Waals surface area (Å²) in [6.07, 6.45) is 6.56. The van der Waals surface area contributed by atoms with Crippen LogP contribution < -0.4 is 0 Å². The minimum atomic E-state index is -0.495. The molecular formula is C10H17N3O2. The van der Waals surface area contributed by atoms with E-state index in [4.69, 9.17) is 4.74 Å². The summed E-state index contributed by atoms with van der Waals surface area (Å²) in [4.78, 5) is 0. The molecule has 2 heterocycles. The van der Waals surface area contributed by atoms with Crippen LogP contribution in [0.5, 0.6) is 0 Å². The molecule has 0 aliphatic carbocycles. The third kappa shape index (κ3) is 3.00. The molecule has 1 aromatic heterocycles. The molecule has 5 nitrogen and oxygen atoms in total. The number of hydrogen-bond donors (Lipinski definition) is 2. The van der Waals surface area contributed by atoms with E-state index < -0.39 is 6.10 Å². The van der Waals surface area contributed by atoms with Crippen molar-refractivity contribution in [3.05, 3.63) is 11.9 Å². The first-order valence-electron chi connectivity index (χ1n) is 5.51. The third-order valence-electron chi connectivity index (χ3n) is 2.80. The molecule has 5 heteroatoms. The second-order valence-electron chi connectivity index (χ2n) is 3.98. The van der Waals surface area contributed by atoms with Gasteiger partial charge >= 0.3 is 0 Å². The molecule has 2 rings (SSSR count). The van der Waals surface area contributed by atoms with Crippen LogP contribution >= 0.6 is 0 Å². The number of nitrogens with one attached hydrogen (secondary N) is 1. The van der Waals surface area contributed by atoms with E-state index in [-0.39, 0.29) is 0 Å². The van der Waals surface area contributed by atoms with Gasteiger partial charge in [-0.2, -0.15) is 15.4 Å². The van der Waals surface area contributed by atoms with E-state index in [1.165, 1.54) is 12.8 Å². The van der Waals surface area contributed by atoms with E-state index in [1.807, 2.05) is 0 Å². The largest absolute Gasteiger partial charge is 0.387 e. The Morgan fingerprint density at radius 2 is 2.60 bits per heavy atom. The molecule has 1 aliphatic rings. The number of ether oxygens (including phenoxy) is 1. The molecule has 1 fully saturated rings. The van der Waals surface area contributed by atoms with Gasteiger partial charge in [-0.15, -0.1) is 0 Å². The fourth-order valence-corrected chi connectivity index (χ4v) is 1.93. The van der Waals surface area contributed by atoms with E-state index >= 15 is 0 Å². The van der Waals surface area contributed by atoms with Crippen LogP contribution in [-0.4, -0.2) is 33.2 Å². The minimum Gasteiger partial charge on any atom is -0.387 e. The summed E-state index contributed by atoms with van der Waals surface area (Å²) in [6, 6.07) is 0. The van der Waals surface area contributed by atoms with Gasteiger partial charge in [0.05, 0.1) is 18.4 Å². The standard InChI is InChI=1S/C10H17N3O2/c14-10(9-7-11-13-12-9)5-1-3-8-4-2-6-15-8/h7-8,10,14H,1-6H2,(H,11,12,13). The Hall–Kier alpha value is -0.940. The zero-order chi connectivity index (χ0) is 10.5. The van der Waals surface area contributed by atoms with Gasteiger partial charge in [-0.05, 0) is 32.1 Å². The van der Waals surface area contributed by atoms with Gasteiger partial charge in [0.1, 0.15) is 5.69 Å². The number of aromatic nitrogens is 3. The van der Waals surface area contributed by atoms with E-state index in [2.05, 4.69) is 15.4 Å².